The number of benzene rings is 2. The van der Waals surface area contributed by atoms with Crippen molar-refractivity contribution in [3.05, 3.63) is 65.2 Å². The first kappa shape index (κ1) is 24.4. The predicted octanol–water partition coefficient (Wildman–Crippen LogP) is 4.39. The van der Waals surface area contributed by atoms with Gasteiger partial charge in [-0.2, -0.15) is 0 Å². The molecule has 2 aliphatic heterocycles. The molecule has 4 rings (SSSR count). The topological polar surface area (TPSA) is 66.0 Å². The number of carbonyl (C=O) groups is 1. The fourth-order valence-corrected chi connectivity index (χ4v) is 4.33. The zero-order valence-corrected chi connectivity index (χ0v) is 21.4. The maximum absolute atomic E-state index is 11.8. The molecule has 0 aromatic heterocycles. The van der Waals surface area contributed by atoms with Crippen LogP contribution in [0.4, 0.5) is 0 Å². The van der Waals surface area contributed by atoms with E-state index in [1.807, 2.05) is 23.1 Å². The average molecular weight is 548 g/mol. The van der Waals surface area contributed by atoms with Crippen LogP contribution in [0, 0.1) is 0 Å². The van der Waals surface area contributed by atoms with Gasteiger partial charge in [0.15, 0.2) is 5.96 Å². The smallest absolute Gasteiger partial charge is 0.222 e. The predicted molar refractivity (Wildman–Crippen MR) is 138 cm³/mol. The average Bonchev–Trinajstić information content (AvgIpc) is 3.15. The van der Waals surface area contributed by atoms with E-state index in [4.69, 9.17) is 4.74 Å². The number of likely N-dealkylation sites (tertiary alicyclic amines) is 1. The molecule has 1 fully saturated rings. The Hall–Kier alpha value is -2.29. The van der Waals surface area contributed by atoms with Gasteiger partial charge in [-0.05, 0) is 37.5 Å². The quantitative estimate of drug-likeness (QED) is 0.331. The molecule has 2 aromatic carbocycles. The van der Waals surface area contributed by atoms with Crippen LogP contribution in [0.1, 0.15) is 55.8 Å². The number of carbonyl (C=O) groups excluding carboxylic acids is 1. The summed E-state index contributed by atoms with van der Waals surface area (Å²) in [6.07, 6.45) is 2.51. The Kier molecular flexibility index (Phi) is 8.03. The number of aliphatic imine (C=N–C) groups is 1. The van der Waals surface area contributed by atoms with Gasteiger partial charge in [0.05, 0.1) is 6.04 Å². The summed E-state index contributed by atoms with van der Waals surface area (Å²) in [5.74, 6) is 1.96. The van der Waals surface area contributed by atoms with Crippen molar-refractivity contribution in [1.29, 1.82) is 0 Å². The number of para-hydroxylation sites is 1. The molecule has 0 bridgehead atoms. The molecule has 0 radical (unpaired) electrons. The lowest BCUT2D eigenvalue weighted by Crippen LogP contribution is -2.45. The highest BCUT2D eigenvalue weighted by molar-refractivity contribution is 14.0. The SMILES string of the molecule is CN=C(NCc1ccc(CN2CCCC2=O)cc1)NC1CC(C)(C)Oc2ccccc21.I. The van der Waals surface area contributed by atoms with Crippen molar-refractivity contribution in [2.75, 3.05) is 13.6 Å². The number of rotatable bonds is 5. The normalized spacial score (nSPS) is 19.6. The van der Waals surface area contributed by atoms with E-state index in [1.54, 1.807) is 7.05 Å². The van der Waals surface area contributed by atoms with Gasteiger partial charge in [-0.3, -0.25) is 9.79 Å². The molecule has 2 heterocycles. The van der Waals surface area contributed by atoms with Gasteiger partial charge in [-0.15, -0.1) is 24.0 Å². The molecule has 32 heavy (non-hydrogen) atoms. The zero-order valence-electron chi connectivity index (χ0n) is 19.1. The number of amides is 1. The van der Waals surface area contributed by atoms with Crippen LogP contribution in [-0.4, -0.2) is 36.0 Å². The number of nitrogens with one attached hydrogen (secondary N) is 2. The molecule has 1 unspecified atom stereocenters. The molecule has 2 aliphatic rings. The maximum Gasteiger partial charge on any atom is 0.222 e. The molecule has 172 valence electrons. The Morgan fingerprint density at radius 1 is 1.16 bits per heavy atom. The zero-order chi connectivity index (χ0) is 21.8. The third-order valence-corrected chi connectivity index (χ3v) is 5.94. The molecule has 2 aromatic rings. The van der Waals surface area contributed by atoms with E-state index < -0.39 is 0 Å². The van der Waals surface area contributed by atoms with E-state index in [9.17, 15) is 4.79 Å². The number of ether oxygens (including phenoxy) is 1. The van der Waals surface area contributed by atoms with Crippen LogP contribution in [0.15, 0.2) is 53.5 Å². The summed E-state index contributed by atoms with van der Waals surface area (Å²) in [6, 6.07) is 16.8. The van der Waals surface area contributed by atoms with Gasteiger partial charge in [0.25, 0.3) is 0 Å². The minimum atomic E-state index is -0.239. The number of nitrogens with zero attached hydrogens (tertiary/aromatic N) is 2. The Morgan fingerprint density at radius 2 is 1.88 bits per heavy atom. The van der Waals surface area contributed by atoms with E-state index in [0.29, 0.717) is 19.5 Å². The van der Waals surface area contributed by atoms with Gasteiger partial charge in [-0.25, -0.2) is 0 Å². The first-order valence-corrected chi connectivity index (χ1v) is 11.0. The highest BCUT2D eigenvalue weighted by Gasteiger charge is 2.33. The molecule has 7 heteroatoms. The van der Waals surface area contributed by atoms with Gasteiger partial charge in [0, 0.05) is 45.1 Å². The summed E-state index contributed by atoms with van der Waals surface area (Å²) >= 11 is 0. The lowest BCUT2D eigenvalue weighted by atomic mass is 9.90. The highest BCUT2D eigenvalue weighted by atomic mass is 127. The molecule has 1 saturated heterocycles. The van der Waals surface area contributed by atoms with E-state index in [0.717, 1.165) is 36.7 Å². The monoisotopic (exact) mass is 548 g/mol. The number of guanidine groups is 1. The molecule has 6 nitrogen and oxygen atoms in total. The van der Waals surface area contributed by atoms with Crippen molar-refractivity contribution >= 4 is 35.8 Å². The van der Waals surface area contributed by atoms with E-state index in [2.05, 4.69) is 59.8 Å². The third kappa shape index (κ3) is 5.94. The van der Waals surface area contributed by atoms with Crippen LogP contribution in [0.25, 0.3) is 0 Å². The second kappa shape index (κ2) is 10.6. The van der Waals surface area contributed by atoms with Crippen LogP contribution in [0.3, 0.4) is 0 Å². The van der Waals surface area contributed by atoms with Crippen molar-refractivity contribution in [2.24, 2.45) is 4.99 Å². The van der Waals surface area contributed by atoms with E-state index >= 15 is 0 Å². The van der Waals surface area contributed by atoms with Crippen molar-refractivity contribution < 1.29 is 9.53 Å². The summed E-state index contributed by atoms with van der Waals surface area (Å²) < 4.78 is 6.13. The number of halogens is 1. The second-order valence-electron chi connectivity index (χ2n) is 8.96. The minimum Gasteiger partial charge on any atom is -0.487 e. The third-order valence-electron chi connectivity index (χ3n) is 5.94. The van der Waals surface area contributed by atoms with Crippen LogP contribution in [-0.2, 0) is 17.9 Å². The van der Waals surface area contributed by atoms with E-state index in [-0.39, 0.29) is 41.5 Å². The maximum atomic E-state index is 11.8. The molecule has 0 saturated carbocycles. The van der Waals surface area contributed by atoms with Crippen molar-refractivity contribution in [3.63, 3.8) is 0 Å². The Balaban J connectivity index is 0.00000289. The first-order chi connectivity index (χ1) is 14.9. The number of hydrogen-bond donors (Lipinski definition) is 2. The summed E-state index contributed by atoms with van der Waals surface area (Å²) in [5, 5.41) is 6.99. The molecule has 1 atom stereocenters. The fraction of sp³-hybridized carbons (Fsp3) is 0.440. The van der Waals surface area contributed by atoms with Crippen molar-refractivity contribution in [3.8, 4) is 5.75 Å². The van der Waals surface area contributed by atoms with Crippen molar-refractivity contribution in [2.45, 2.75) is 57.8 Å². The Labute approximate surface area is 207 Å². The van der Waals surface area contributed by atoms with Crippen LogP contribution >= 0.6 is 24.0 Å². The first-order valence-electron chi connectivity index (χ1n) is 11.0. The Bertz CT molecular complexity index is 959. The molecule has 1 amide bonds. The van der Waals surface area contributed by atoms with Crippen LogP contribution in [0.5, 0.6) is 5.75 Å². The summed E-state index contributed by atoms with van der Waals surface area (Å²) in [7, 11) is 1.79. The fourth-order valence-electron chi connectivity index (χ4n) is 4.33. The lowest BCUT2D eigenvalue weighted by Gasteiger charge is -2.38. The van der Waals surface area contributed by atoms with E-state index in [1.165, 1.54) is 11.1 Å². The van der Waals surface area contributed by atoms with Gasteiger partial charge in [-0.1, -0.05) is 42.5 Å². The van der Waals surface area contributed by atoms with Gasteiger partial charge < -0.3 is 20.3 Å². The summed E-state index contributed by atoms with van der Waals surface area (Å²) in [4.78, 5) is 18.2. The lowest BCUT2D eigenvalue weighted by molar-refractivity contribution is -0.128. The largest absolute Gasteiger partial charge is 0.487 e. The molecular weight excluding hydrogens is 515 g/mol. The standard InChI is InChI=1S/C25H32N4O2.HI/c1-25(2)15-21(20-7-4-5-8-22(20)31-25)28-24(26-3)27-16-18-10-12-19(13-11-18)17-29-14-6-9-23(29)30;/h4-5,7-8,10-13,21H,6,9,14-17H2,1-3H3,(H2,26,27,28);1H. The van der Waals surface area contributed by atoms with Gasteiger partial charge >= 0.3 is 0 Å². The molecule has 0 spiro atoms. The Morgan fingerprint density at radius 3 is 2.56 bits per heavy atom. The second-order valence-corrected chi connectivity index (χ2v) is 8.96. The van der Waals surface area contributed by atoms with Crippen LogP contribution in [0.2, 0.25) is 0 Å². The highest BCUT2D eigenvalue weighted by Crippen LogP contribution is 2.39. The van der Waals surface area contributed by atoms with Gasteiger partial charge in [0.2, 0.25) is 5.91 Å². The van der Waals surface area contributed by atoms with Gasteiger partial charge in [0.1, 0.15) is 11.4 Å². The summed E-state index contributed by atoms with van der Waals surface area (Å²) in [6.45, 7) is 6.48. The number of fused-ring (bicyclic) bond motifs is 1. The van der Waals surface area contributed by atoms with Crippen molar-refractivity contribution in [1.82, 2.24) is 15.5 Å². The molecular formula is C25H33IN4O2. The molecule has 0 aliphatic carbocycles. The summed E-state index contributed by atoms with van der Waals surface area (Å²) in [5.41, 5.74) is 3.26. The minimum absolute atomic E-state index is 0. The number of hydrogen-bond acceptors (Lipinski definition) is 3. The van der Waals surface area contributed by atoms with Crippen LogP contribution < -0.4 is 15.4 Å². The molecule has 2 N–H and O–H groups in total.